The van der Waals surface area contributed by atoms with E-state index in [2.05, 4.69) is 14.8 Å². The van der Waals surface area contributed by atoms with E-state index in [-0.39, 0.29) is 11.4 Å². The van der Waals surface area contributed by atoms with Crippen molar-refractivity contribution < 1.29 is 9.52 Å². The molecule has 0 radical (unpaired) electrons. The number of anilines is 1. The Morgan fingerprint density at radius 1 is 1.08 bits per heavy atom. The minimum atomic E-state index is -0.389. The van der Waals surface area contributed by atoms with Gasteiger partial charge in [-0.2, -0.15) is 0 Å². The van der Waals surface area contributed by atoms with Crippen molar-refractivity contribution in [2.75, 3.05) is 31.1 Å². The summed E-state index contributed by atoms with van der Waals surface area (Å²) in [5.74, 6) is 1.10. The van der Waals surface area contributed by atoms with Crippen LogP contribution in [-0.2, 0) is 6.54 Å². The molecule has 0 atom stereocenters. The van der Waals surface area contributed by atoms with Crippen LogP contribution in [0.15, 0.2) is 57.9 Å². The third-order valence-corrected chi connectivity index (χ3v) is 4.55. The molecule has 1 aliphatic rings. The van der Waals surface area contributed by atoms with Crippen LogP contribution in [0.4, 0.5) is 5.82 Å². The van der Waals surface area contributed by atoms with Gasteiger partial charge in [-0.1, -0.05) is 6.07 Å². The highest BCUT2D eigenvalue weighted by Gasteiger charge is 2.19. The van der Waals surface area contributed by atoms with Gasteiger partial charge in [0.15, 0.2) is 0 Å². The Kier molecular flexibility index (Phi) is 4.11. The van der Waals surface area contributed by atoms with Crippen LogP contribution in [0.25, 0.3) is 11.0 Å². The van der Waals surface area contributed by atoms with Crippen molar-refractivity contribution >= 4 is 16.8 Å². The molecule has 1 aromatic carbocycles. The molecule has 1 N–H and O–H groups in total. The van der Waals surface area contributed by atoms with Crippen LogP contribution in [-0.4, -0.2) is 41.2 Å². The molecule has 6 nitrogen and oxygen atoms in total. The molecule has 0 saturated carbocycles. The monoisotopic (exact) mass is 337 g/mol. The van der Waals surface area contributed by atoms with Crippen LogP contribution >= 0.6 is 0 Å². The van der Waals surface area contributed by atoms with Gasteiger partial charge < -0.3 is 14.4 Å². The standard InChI is InChI=1S/C19H19N3O3/c23-15-4-5-16-14(11-19(24)25-17(16)12-15)13-21-7-9-22(10-8-21)18-3-1-2-6-20-18/h1-6,11-12,23H,7-10,13H2. The van der Waals surface area contributed by atoms with E-state index in [1.54, 1.807) is 18.2 Å². The molecule has 6 heteroatoms. The lowest BCUT2D eigenvalue weighted by atomic mass is 10.1. The summed E-state index contributed by atoms with van der Waals surface area (Å²) < 4.78 is 5.20. The third-order valence-electron chi connectivity index (χ3n) is 4.55. The van der Waals surface area contributed by atoms with Crippen molar-refractivity contribution in [2.24, 2.45) is 0 Å². The molecule has 1 fully saturated rings. The normalized spacial score (nSPS) is 15.6. The fourth-order valence-electron chi connectivity index (χ4n) is 3.27. The Hall–Kier alpha value is -2.86. The molecule has 128 valence electrons. The molecule has 25 heavy (non-hydrogen) atoms. The highest BCUT2D eigenvalue weighted by molar-refractivity contribution is 5.81. The molecule has 3 aromatic rings. The molecule has 2 aromatic heterocycles. The molecule has 0 spiro atoms. The fraction of sp³-hybridized carbons (Fsp3) is 0.263. The van der Waals surface area contributed by atoms with Gasteiger partial charge in [0, 0.05) is 56.4 Å². The van der Waals surface area contributed by atoms with Crippen LogP contribution in [0.2, 0.25) is 0 Å². The summed E-state index contributed by atoms with van der Waals surface area (Å²) in [5, 5.41) is 10.5. The van der Waals surface area contributed by atoms with Gasteiger partial charge in [0.2, 0.25) is 0 Å². The van der Waals surface area contributed by atoms with E-state index in [0.29, 0.717) is 12.1 Å². The number of hydrogen-bond acceptors (Lipinski definition) is 6. The van der Waals surface area contributed by atoms with E-state index in [1.165, 1.54) is 6.07 Å². The summed E-state index contributed by atoms with van der Waals surface area (Å²) in [7, 11) is 0. The predicted octanol–water partition coefficient (Wildman–Crippen LogP) is 2.22. The number of fused-ring (bicyclic) bond motifs is 1. The van der Waals surface area contributed by atoms with Crippen molar-refractivity contribution in [3.8, 4) is 5.75 Å². The number of aromatic hydroxyl groups is 1. The summed E-state index contributed by atoms with van der Waals surface area (Å²) in [4.78, 5) is 20.8. The molecular formula is C19H19N3O3. The van der Waals surface area contributed by atoms with Gasteiger partial charge in [0.05, 0.1) is 0 Å². The number of phenols is 1. The van der Waals surface area contributed by atoms with Gasteiger partial charge in [-0.3, -0.25) is 4.90 Å². The summed E-state index contributed by atoms with van der Waals surface area (Å²) in [6, 6.07) is 12.4. The van der Waals surface area contributed by atoms with Gasteiger partial charge in [-0.15, -0.1) is 0 Å². The topological polar surface area (TPSA) is 69.8 Å². The zero-order valence-corrected chi connectivity index (χ0v) is 13.8. The van der Waals surface area contributed by atoms with Crippen molar-refractivity contribution in [3.05, 3.63) is 64.6 Å². The van der Waals surface area contributed by atoms with Crippen LogP contribution in [0, 0.1) is 0 Å². The predicted molar refractivity (Wildman–Crippen MR) is 95.9 cm³/mol. The zero-order chi connectivity index (χ0) is 17.2. The second-order valence-corrected chi connectivity index (χ2v) is 6.22. The molecule has 0 unspecified atom stereocenters. The minimum Gasteiger partial charge on any atom is -0.508 e. The first kappa shape index (κ1) is 15.7. The smallest absolute Gasteiger partial charge is 0.336 e. The molecular weight excluding hydrogens is 318 g/mol. The third kappa shape index (κ3) is 3.34. The second kappa shape index (κ2) is 6.57. The Morgan fingerprint density at radius 2 is 1.92 bits per heavy atom. The van der Waals surface area contributed by atoms with Crippen LogP contribution in [0.1, 0.15) is 5.56 Å². The molecule has 0 bridgehead atoms. The number of piperazine rings is 1. The SMILES string of the molecule is O=c1cc(CN2CCN(c3ccccn3)CC2)c2ccc(O)cc2o1. The average Bonchev–Trinajstić information content (AvgIpc) is 2.62. The van der Waals surface area contributed by atoms with E-state index in [4.69, 9.17) is 4.42 Å². The summed E-state index contributed by atoms with van der Waals surface area (Å²) in [5.41, 5.74) is 0.965. The second-order valence-electron chi connectivity index (χ2n) is 6.22. The Labute approximate surface area is 144 Å². The van der Waals surface area contributed by atoms with E-state index in [9.17, 15) is 9.90 Å². The maximum Gasteiger partial charge on any atom is 0.336 e. The number of benzene rings is 1. The molecule has 1 saturated heterocycles. The maximum absolute atomic E-state index is 11.8. The highest BCUT2D eigenvalue weighted by Crippen LogP contribution is 2.23. The van der Waals surface area contributed by atoms with E-state index >= 15 is 0 Å². The summed E-state index contributed by atoms with van der Waals surface area (Å²) in [6.07, 6.45) is 1.81. The van der Waals surface area contributed by atoms with Gasteiger partial charge in [0.25, 0.3) is 0 Å². The van der Waals surface area contributed by atoms with Crippen molar-refractivity contribution in [3.63, 3.8) is 0 Å². The average molecular weight is 337 g/mol. The quantitative estimate of drug-likeness (QED) is 0.739. The molecule has 1 aliphatic heterocycles. The molecule has 0 amide bonds. The molecule has 0 aliphatic carbocycles. The van der Waals surface area contributed by atoms with Crippen LogP contribution < -0.4 is 10.5 Å². The largest absolute Gasteiger partial charge is 0.508 e. The van der Waals surface area contributed by atoms with Crippen molar-refractivity contribution in [1.82, 2.24) is 9.88 Å². The number of hydrogen-bond donors (Lipinski definition) is 1. The van der Waals surface area contributed by atoms with Gasteiger partial charge in [-0.05, 0) is 29.8 Å². The van der Waals surface area contributed by atoms with Gasteiger partial charge in [0.1, 0.15) is 17.2 Å². The lowest BCUT2D eigenvalue weighted by Crippen LogP contribution is -2.46. The van der Waals surface area contributed by atoms with E-state index < -0.39 is 0 Å². The Balaban J connectivity index is 1.50. The lowest BCUT2D eigenvalue weighted by molar-refractivity contribution is 0.249. The number of aromatic nitrogens is 1. The first-order chi connectivity index (χ1) is 12.2. The zero-order valence-electron chi connectivity index (χ0n) is 13.8. The molecule has 4 rings (SSSR count). The lowest BCUT2D eigenvalue weighted by Gasteiger charge is -2.35. The minimum absolute atomic E-state index is 0.0942. The van der Waals surface area contributed by atoms with Crippen LogP contribution in [0.5, 0.6) is 5.75 Å². The van der Waals surface area contributed by atoms with E-state index in [0.717, 1.165) is 42.9 Å². The number of rotatable bonds is 3. The first-order valence-electron chi connectivity index (χ1n) is 8.33. The number of pyridine rings is 1. The van der Waals surface area contributed by atoms with Crippen LogP contribution in [0.3, 0.4) is 0 Å². The molecule has 3 heterocycles. The number of phenolic OH excluding ortho intramolecular Hbond substituents is 1. The summed E-state index contributed by atoms with van der Waals surface area (Å²) in [6.45, 7) is 4.28. The highest BCUT2D eigenvalue weighted by atomic mass is 16.4. The maximum atomic E-state index is 11.8. The number of nitrogens with zero attached hydrogens (tertiary/aromatic N) is 3. The van der Waals surface area contributed by atoms with Gasteiger partial charge in [-0.25, -0.2) is 9.78 Å². The first-order valence-corrected chi connectivity index (χ1v) is 8.33. The Bertz CT molecular complexity index is 932. The van der Waals surface area contributed by atoms with Gasteiger partial charge >= 0.3 is 5.63 Å². The summed E-state index contributed by atoms with van der Waals surface area (Å²) >= 11 is 0. The van der Waals surface area contributed by atoms with E-state index in [1.807, 2.05) is 24.4 Å². The fourth-order valence-corrected chi connectivity index (χ4v) is 3.27. The Morgan fingerprint density at radius 3 is 2.68 bits per heavy atom. The van der Waals surface area contributed by atoms with Crippen molar-refractivity contribution in [1.29, 1.82) is 0 Å². The van der Waals surface area contributed by atoms with Crippen molar-refractivity contribution in [2.45, 2.75) is 6.54 Å².